The van der Waals surface area contributed by atoms with E-state index in [0.717, 1.165) is 38.8 Å². The number of carbonyl (C=O) groups is 2. The van der Waals surface area contributed by atoms with E-state index in [9.17, 15) is 9.59 Å². The van der Waals surface area contributed by atoms with Crippen molar-refractivity contribution in [2.45, 2.75) is 77.6 Å². The predicted octanol–water partition coefficient (Wildman–Crippen LogP) is 1.89. The Morgan fingerprint density at radius 3 is 2.30 bits per heavy atom. The molecule has 0 bridgehead atoms. The van der Waals surface area contributed by atoms with Gasteiger partial charge in [0.05, 0.1) is 0 Å². The molecule has 0 aromatic heterocycles. The molecule has 1 saturated carbocycles. The summed E-state index contributed by atoms with van der Waals surface area (Å²) in [5.41, 5.74) is -0.471. The molecule has 23 heavy (non-hydrogen) atoms. The normalized spacial score (nSPS) is 28.0. The number of nitrogens with zero attached hydrogens (tertiary/aromatic N) is 1. The van der Waals surface area contributed by atoms with E-state index in [1.807, 2.05) is 25.7 Å². The van der Waals surface area contributed by atoms with Crippen molar-refractivity contribution in [3.8, 4) is 0 Å². The van der Waals surface area contributed by atoms with Gasteiger partial charge < -0.3 is 20.3 Å². The van der Waals surface area contributed by atoms with Crippen molar-refractivity contribution in [3.05, 3.63) is 0 Å². The quantitative estimate of drug-likeness (QED) is 0.774. The maximum absolute atomic E-state index is 11.9. The molecule has 2 unspecified atom stereocenters. The fourth-order valence-corrected chi connectivity index (χ4v) is 3.36. The van der Waals surface area contributed by atoms with Crippen LogP contribution in [0.5, 0.6) is 0 Å². The molecule has 1 saturated heterocycles. The second kappa shape index (κ2) is 6.67. The lowest BCUT2D eigenvalue weighted by molar-refractivity contribution is -0.119. The first kappa shape index (κ1) is 18.0. The van der Waals surface area contributed by atoms with E-state index in [0.29, 0.717) is 12.1 Å². The SMILES string of the molecule is CC(C)(C)OC(=O)NC1CC(NC2CCN(C=O)CC2)C1(C)C. The van der Waals surface area contributed by atoms with E-state index in [1.165, 1.54) is 0 Å². The smallest absolute Gasteiger partial charge is 0.407 e. The van der Waals surface area contributed by atoms with Crippen LogP contribution in [-0.4, -0.2) is 54.2 Å². The van der Waals surface area contributed by atoms with E-state index < -0.39 is 5.60 Å². The zero-order valence-electron chi connectivity index (χ0n) is 15.0. The average molecular weight is 325 g/mol. The molecule has 0 aromatic carbocycles. The molecule has 2 atom stereocenters. The lowest BCUT2D eigenvalue weighted by Gasteiger charge is -2.54. The summed E-state index contributed by atoms with van der Waals surface area (Å²) in [7, 11) is 0. The molecule has 0 spiro atoms. The van der Waals surface area contributed by atoms with Gasteiger partial charge in [-0.05, 0) is 40.0 Å². The Hall–Kier alpha value is -1.30. The summed E-state index contributed by atoms with van der Waals surface area (Å²) in [6.45, 7) is 11.6. The molecule has 6 nitrogen and oxygen atoms in total. The standard InChI is InChI=1S/C17H31N3O3/c1-16(2,3)23-15(22)19-14-10-13(17(14,4)5)18-12-6-8-20(11-21)9-7-12/h11-14,18H,6-10H2,1-5H3,(H,19,22). The summed E-state index contributed by atoms with van der Waals surface area (Å²) >= 11 is 0. The van der Waals surface area contributed by atoms with Crippen molar-refractivity contribution < 1.29 is 14.3 Å². The first-order chi connectivity index (χ1) is 10.6. The van der Waals surface area contributed by atoms with Crippen LogP contribution in [0.1, 0.15) is 53.9 Å². The predicted molar refractivity (Wildman–Crippen MR) is 89.1 cm³/mol. The molecule has 6 heteroatoms. The summed E-state index contributed by atoms with van der Waals surface area (Å²) < 4.78 is 5.34. The Bertz CT molecular complexity index is 437. The van der Waals surface area contributed by atoms with Crippen LogP contribution in [0.2, 0.25) is 0 Å². The van der Waals surface area contributed by atoms with Crippen molar-refractivity contribution in [1.82, 2.24) is 15.5 Å². The summed E-state index contributed by atoms with van der Waals surface area (Å²) in [5.74, 6) is 0. The number of nitrogens with one attached hydrogen (secondary N) is 2. The van der Waals surface area contributed by atoms with Crippen molar-refractivity contribution in [3.63, 3.8) is 0 Å². The third-order valence-electron chi connectivity index (χ3n) is 5.07. The van der Waals surface area contributed by atoms with Crippen molar-refractivity contribution >= 4 is 12.5 Å². The Kier molecular flexibility index (Phi) is 5.23. The van der Waals surface area contributed by atoms with Crippen LogP contribution >= 0.6 is 0 Å². The molecule has 2 fully saturated rings. The molecular formula is C17H31N3O3. The average Bonchev–Trinajstić information content (AvgIpc) is 2.45. The second-order valence-electron chi connectivity index (χ2n) is 8.39. The van der Waals surface area contributed by atoms with Crippen molar-refractivity contribution in [2.24, 2.45) is 5.41 Å². The lowest BCUT2D eigenvalue weighted by atomic mass is 9.62. The second-order valence-corrected chi connectivity index (χ2v) is 8.39. The molecule has 0 aromatic rings. The minimum Gasteiger partial charge on any atom is -0.444 e. The van der Waals surface area contributed by atoms with Gasteiger partial charge in [0.15, 0.2) is 0 Å². The summed E-state index contributed by atoms with van der Waals surface area (Å²) in [6.07, 6.45) is 3.50. The lowest BCUT2D eigenvalue weighted by Crippen LogP contribution is -2.67. The monoisotopic (exact) mass is 325 g/mol. The largest absolute Gasteiger partial charge is 0.444 e. The fourth-order valence-electron chi connectivity index (χ4n) is 3.36. The number of hydrogen-bond donors (Lipinski definition) is 2. The fraction of sp³-hybridized carbons (Fsp3) is 0.882. The molecule has 2 amide bonds. The summed E-state index contributed by atoms with van der Waals surface area (Å²) in [6, 6.07) is 0.970. The van der Waals surface area contributed by atoms with Crippen molar-refractivity contribution in [2.75, 3.05) is 13.1 Å². The van der Waals surface area contributed by atoms with Crippen molar-refractivity contribution in [1.29, 1.82) is 0 Å². The third-order valence-corrected chi connectivity index (χ3v) is 5.07. The Morgan fingerprint density at radius 2 is 1.83 bits per heavy atom. The van der Waals surface area contributed by atoms with Gasteiger partial charge >= 0.3 is 6.09 Å². The van der Waals surface area contributed by atoms with Crippen LogP contribution < -0.4 is 10.6 Å². The number of alkyl carbamates (subject to hydrolysis) is 1. The molecular weight excluding hydrogens is 294 g/mol. The van der Waals surface area contributed by atoms with Crippen LogP contribution in [0.15, 0.2) is 0 Å². The zero-order chi connectivity index (χ0) is 17.3. The minimum atomic E-state index is -0.470. The maximum Gasteiger partial charge on any atom is 0.407 e. The number of rotatable bonds is 4. The van der Waals surface area contributed by atoms with Crippen LogP contribution in [0, 0.1) is 5.41 Å². The molecule has 1 heterocycles. The minimum absolute atomic E-state index is 0.00129. The van der Waals surface area contributed by atoms with Gasteiger partial charge in [-0.1, -0.05) is 13.8 Å². The van der Waals surface area contributed by atoms with E-state index in [-0.39, 0.29) is 17.6 Å². The number of likely N-dealkylation sites (tertiary alicyclic amines) is 1. The van der Waals surface area contributed by atoms with Gasteiger partial charge in [0.25, 0.3) is 0 Å². The highest BCUT2D eigenvalue weighted by Crippen LogP contribution is 2.41. The topological polar surface area (TPSA) is 70.7 Å². The van der Waals surface area contributed by atoms with Gasteiger partial charge in [-0.2, -0.15) is 0 Å². The van der Waals surface area contributed by atoms with E-state index in [2.05, 4.69) is 24.5 Å². The Morgan fingerprint density at radius 1 is 1.22 bits per heavy atom. The highest BCUT2D eigenvalue weighted by molar-refractivity contribution is 5.68. The van der Waals surface area contributed by atoms with Gasteiger partial charge in [-0.15, -0.1) is 0 Å². The third kappa shape index (κ3) is 4.59. The van der Waals surface area contributed by atoms with Crippen LogP contribution in [0.4, 0.5) is 4.79 Å². The van der Waals surface area contributed by atoms with Crippen LogP contribution in [0.25, 0.3) is 0 Å². The van der Waals surface area contributed by atoms with Gasteiger partial charge in [0.1, 0.15) is 5.60 Å². The molecule has 1 aliphatic heterocycles. The maximum atomic E-state index is 11.9. The summed E-state index contributed by atoms with van der Waals surface area (Å²) in [5, 5.41) is 6.70. The van der Waals surface area contributed by atoms with Crippen LogP contribution in [-0.2, 0) is 9.53 Å². The van der Waals surface area contributed by atoms with Gasteiger partial charge in [0, 0.05) is 36.6 Å². The van der Waals surface area contributed by atoms with Gasteiger partial charge in [0.2, 0.25) is 6.41 Å². The van der Waals surface area contributed by atoms with Crippen LogP contribution in [0.3, 0.4) is 0 Å². The molecule has 2 rings (SSSR count). The molecule has 0 radical (unpaired) electrons. The number of hydrogen-bond acceptors (Lipinski definition) is 4. The highest BCUT2D eigenvalue weighted by Gasteiger charge is 2.49. The number of amides is 2. The Labute approximate surface area is 139 Å². The molecule has 2 N–H and O–H groups in total. The van der Waals surface area contributed by atoms with E-state index in [1.54, 1.807) is 0 Å². The van der Waals surface area contributed by atoms with E-state index >= 15 is 0 Å². The number of carbonyl (C=O) groups excluding carboxylic acids is 2. The van der Waals surface area contributed by atoms with E-state index in [4.69, 9.17) is 4.74 Å². The number of ether oxygens (including phenoxy) is 1. The Balaban J connectivity index is 1.78. The zero-order valence-corrected chi connectivity index (χ0v) is 15.0. The molecule has 2 aliphatic rings. The highest BCUT2D eigenvalue weighted by atomic mass is 16.6. The first-order valence-corrected chi connectivity index (χ1v) is 8.57. The molecule has 1 aliphatic carbocycles. The first-order valence-electron chi connectivity index (χ1n) is 8.57. The summed E-state index contributed by atoms with van der Waals surface area (Å²) in [4.78, 5) is 24.5. The number of piperidine rings is 1. The molecule has 132 valence electrons. The van der Waals surface area contributed by atoms with Gasteiger partial charge in [-0.25, -0.2) is 4.79 Å². The van der Waals surface area contributed by atoms with Gasteiger partial charge in [-0.3, -0.25) is 4.79 Å².